The lowest BCUT2D eigenvalue weighted by atomic mass is 10.1. The summed E-state index contributed by atoms with van der Waals surface area (Å²) in [5.41, 5.74) is 2.28. The highest BCUT2D eigenvalue weighted by atomic mass is 16.3. The van der Waals surface area contributed by atoms with Crippen LogP contribution < -0.4 is 0 Å². The van der Waals surface area contributed by atoms with E-state index in [-0.39, 0.29) is 0 Å². The second kappa shape index (κ2) is 3.27. The first-order valence-corrected chi connectivity index (χ1v) is 4.38. The van der Waals surface area contributed by atoms with Crippen molar-refractivity contribution < 1.29 is 9.52 Å². The van der Waals surface area contributed by atoms with Crippen LogP contribution in [0, 0.1) is 6.92 Å². The molecule has 1 atom stereocenters. The number of aliphatic hydroxyl groups excluding tert-OH is 1. The van der Waals surface area contributed by atoms with Gasteiger partial charge in [-0.25, -0.2) is 4.98 Å². The summed E-state index contributed by atoms with van der Waals surface area (Å²) in [5, 5.41) is 9.52. The summed E-state index contributed by atoms with van der Waals surface area (Å²) in [6, 6.07) is 5.41. The first kappa shape index (κ1) is 8.97. The van der Waals surface area contributed by atoms with E-state index in [1.165, 1.54) is 6.08 Å². The molecule has 1 aromatic carbocycles. The first-order valence-electron chi connectivity index (χ1n) is 4.38. The molecule has 0 spiro atoms. The number of hydrogen-bond donors (Lipinski definition) is 1. The average molecular weight is 189 g/mol. The lowest BCUT2D eigenvalue weighted by molar-refractivity contribution is 0.229. The maximum atomic E-state index is 9.52. The monoisotopic (exact) mass is 189 g/mol. The van der Waals surface area contributed by atoms with Crippen molar-refractivity contribution in [3.05, 3.63) is 42.3 Å². The molecule has 0 radical (unpaired) electrons. The van der Waals surface area contributed by atoms with Gasteiger partial charge in [-0.3, -0.25) is 0 Å². The lowest BCUT2D eigenvalue weighted by Gasteiger charge is -2.03. The quantitative estimate of drug-likeness (QED) is 0.737. The molecule has 2 rings (SSSR count). The molecule has 0 fully saturated rings. The normalized spacial score (nSPS) is 13.0. The zero-order valence-electron chi connectivity index (χ0n) is 7.90. The minimum absolute atomic E-state index is 0.630. The third-order valence-corrected chi connectivity index (χ3v) is 2.08. The Labute approximate surface area is 81.7 Å². The Kier molecular flexibility index (Phi) is 2.09. The molecule has 3 heteroatoms. The van der Waals surface area contributed by atoms with Crippen LogP contribution in [0.25, 0.3) is 11.1 Å². The van der Waals surface area contributed by atoms with Gasteiger partial charge in [0, 0.05) is 6.92 Å². The van der Waals surface area contributed by atoms with Crippen molar-refractivity contribution in [3.8, 4) is 0 Å². The Morgan fingerprint density at radius 2 is 2.36 bits per heavy atom. The van der Waals surface area contributed by atoms with Gasteiger partial charge in [0.05, 0.1) is 6.10 Å². The molecule has 1 unspecified atom stereocenters. The van der Waals surface area contributed by atoms with Gasteiger partial charge >= 0.3 is 0 Å². The van der Waals surface area contributed by atoms with Crippen molar-refractivity contribution in [2.45, 2.75) is 13.0 Å². The van der Waals surface area contributed by atoms with Gasteiger partial charge in [-0.1, -0.05) is 12.1 Å². The van der Waals surface area contributed by atoms with Gasteiger partial charge in [0.25, 0.3) is 0 Å². The minimum atomic E-state index is -0.642. The van der Waals surface area contributed by atoms with Gasteiger partial charge in [-0.2, -0.15) is 0 Å². The maximum absolute atomic E-state index is 9.52. The molecule has 0 aliphatic rings. The number of aliphatic hydroxyl groups is 1. The Morgan fingerprint density at radius 3 is 3.07 bits per heavy atom. The van der Waals surface area contributed by atoms with Crippen molar-refractivity contribution in [1.29, 1.82) is 0 Å². The predicted molar refractivity (Wildman–Crippen MR) is 53.9 cm³/mol. The predicted octanol–water partition coefficient (Wildman–Crippen LogP) is 2.36. The molecule has 2 aromatic rings. The Bertz CT molecular complexity index is 473. The number of hydrogen-bond acceptors (Lipinski definition) is 3. The van der Waals surface area contributed by atoms with Crippen LogP contribution in [-0.4, -0.2) is 10.1 Å². The molecule has 72 valence electrons. The highest BCUT2D eigenvalue weighted by Gasteiger charge is 2.06. The summed E-state index contributed by atoms with van der Waals surface area (Å²) < 4.78 is 5.32. The molecule has 0 bridgehead atoms. The van der Waals surface area contributed by atoms with E-state index in [0.717, 1.165) is 16.7 Å². The van der Waals surface area contributed by atoms with Crippen molar-refractivity contribution in [1.82, 2.24) is 4.98 Å². The van der Waals surface area contributed by atoms with Gasteiger partial charge in [-0.15, -0.1) is 6.58 Å². The topological polar surface area (TPSA) is 46.3 Å². The summed E-state index contributed by atoms with van der Waals surface area (Å²) in [4.78, 5) is 4.18. The third-order valence-electron chi connectivity index (χ3n) is 2.08. The van der Waals surface area contributed by atoms with E-state index < -0.39 is 6.10 Å². The van der Waals surface area contributed by atoms with E-state index in [1.807, 2.05) is 0 Å². The largest absolute Gasteiger partial charge is 0.441 e. The Morgan fingerprint density at radius 1 is 1.57 bits per heavy atom. The van der Waals surface area contributed by atoms with Crippen LogP contribution in [0.1, 0.15) is 17.6 Å². The SMILES string of the molecule is C=CC(O)c1ccc2oc(C)nc2c1. The molecule has 3 nitrogen and oxygen atoms in total. The summed E-state index contributed by atoms with van der Waals surface area (Å²) in [6.07, 6.45) is 0.838. The number of rotatable bonds is 2. The fraction of sp³-hybridized carbons (Fsp3) is 0.182. The van der Waals surface area contributed by atoms with E-state index in [9.17, 15) is 5.11 Å². The molecule has 1 aromatic heterocycles. The summed E-state index contributed by atoms with van der Waals surface area (Å²) in [6.45, 7) is 5.32. The Hall–Kier alpha value is -1.61. The van der Waals surface area contributed by atoms with Crippen LogP contribution in [0.5, 0.6) is 0 Å². The molecule has 1 N–H and O–H groups in total. The van der Waals surface area contributed by atoms with Crippen LogP contribution in [0.15, 0.2) is 35.3 Å². The van der Waals surface area contributed by atoms with Gasteiger partial charge in [0.15, 0.2) is 11.5 Å². The highest BCUT2D eigenvalue weighted by molar-refractivity contribution is 5.73. The minimum Gasteiger partial charge on any atom is -0.441 e. The number of fused-ring (bicyclic) bond motifs is 1. The van der Waals surface area contributed by atoms with Gasteiger partial charge in [0.1, 0.15) is 5.52 Å². The average Bonchev–Trinajstić information content (AvgIpc) is 2.55. The lowest BCUT2D eigenvalue weighted by Crippen LogP contribution is -1.91. The zero-order chi connectivity index (χ0) is 10.1. The second-order valence-corrected chi connectivity index (χ2v) is 3.14. The standard InChI is InChI=1S/C11H11NO2/c1-3-10(13)8-4-5-11-9(6-8)12-7(2)14-11/h3-6,10,13H,1H2,2H3. The number of benzene rings is 1. The molecule has 0 saturated carbocycles. The van der Waals surface area contributed by atoms with Crippen molar-refractivity contribution >= 4 is 11.1 Å². The van der Waals surface area contributed by atoms with E-state index in [0.29, 0.717) is 5.89 Å². The molecule has 14 heavy (non-hydrogen) atoms. The van der Waals surface area contributed by atoms with E-state index in [4.69, 9.17) is 4.42 Å². The molecule has 0 aliphatic heterocycles. The molecular formula is C11H11NO2. The number of aromatic nitrogens is 1. The molecular weight excluding hydrogens is 178 g/mol. The van der Waals surface area contributed by atoms with E-state index in [2.05, 4.69) is 11.6 Å². The van der Waals surface area contributed by atoms with Crippen LogP contribution in [0.4, 0.5) is 0 Å². The van der Waals surface area contributed by atoms with Crippen molar-refractivity contribution in [2.75, 3.05) is 0 Å². The fourth-order valence-electron chi connectivity index (χ4n) is 1.38. The summed E-state index contributed by atoms with van der Waals surface area (Å²) in [5.74, 6) is 0.630. The van der Waals surface area contributed by atoms with Crippen LogP contribution >= 0.6 is 0 Å². The highest BCUT2D eigenvalue weighted by Crippen LogP contribution is 2.21. The molecule has 1 heterocycles. The van der Waals surface area contributed by atoms with E-state index in [1.54, 1.807) is 25.1 Å². The third kappa shape index (κ3) is 1.42. The fourth-order valence-corrected chi connectivity index (χ4v) is 1.38. The summed E-state index contributed by atoms with van der Waals surface area (Å²) >= 11 is 0. The van der Waals surface area contributed by atoms with Crippen LogP contribution in [-0.2, 0) is 0 Å². The number of aryl methyl sites for hydroxylation is 1. The number of nitrogens with zero attached hydrogens (tertiary/aromatic N) is 1. The maximum Gasteiger partial charge on any atom is 0.192 e. The van der Waals surface area contributed by atoms with Gasteiger partial charge in [0.2, 0.25) is 0 Å². The molecule has 0 aliphatic carbocycles. The smallest absolute Gasteiger partial charge is 0.192 e. The Balaban J connectivity index is 2.55. The van der Waals surface area contributed by atoms with Crippen molar-refractivity contribution in [3.63, 3.8) is 0 Å². The number of oxazole rings is 1. The summed E-state index contributed by atoms with van der Waals surface area (Å²) in [7, 11) is 0. The van der Waals surface area contributed by atoms with Crippen LogP contribution in [0.2, 0.25) is 0 Å². The zero-order valence-corrected chi connectivity index (χ0v) is 7.90. The molecule has 0 amide bonds. The first-order chi connectivity index (χ1) is 6.70. The van der Waals surface area contributed by atoms with E-state index >= 15 is 0 Å². The van der Waals surface area contributed by atoms with Crippen molar-refractivity contribution in [2.24, 2.45) is 0 Å². The van der Waals surface area contributed by atoms with Gasteiger partial charge < -0.3 is 9.52 Å². The van der Waals surface area contributed by atoms with Crippen LogP contribution in [0.3, 0.4) is 0 Å². The second-order valence-electron chi connectivity index (χ2n) is 3.14. The van der Waals surface area contributed by atoms with Gasteiger partial charge in [-0.05, 0) is 17.7 Å². The molecule has 0 saturated heterocycles.